The number of anilines is 2. The van der Waals surface area contributed by atoms with Crippen LogP contribution in [0.25, 0.3) is 21.9 Å². The van der Waals surface area contributed by atoms with E-state index in [9.17, 15) is 0 Å². The first-order valence-electron chi connectivity index (χ1n) is 8.31. The third kappa shape index (κ3) is 2.35. The van der Waals surface area contributed by atoms with E-state index >= 15 is 0 Å². The second-order valence-electron chi connectivity index (χ2n) is 7.09. The Hall–Kier alpha value is -2.74. The summed E-state index contributed by atoms with van der Waals surface area (Å²) in [7, 11) is 0. The molecule has 0 amide bonds. The van der Waals surface area contributed by atoms with Gasteiger partial charge in [-0.25, -0.2) is 0 Å². The highest BCUT2D eigenvalue weighted by Gasteiger charge is 2.26. The molecule has 120 valence electrons. The minimum atomic E-state index is -0.0748. The molecule has 1 heterocycles. The van der Waals surface area contributed by atoms with Crippen molar-refractivity contribution in [2.45, 2.75) is 26.3 Å². The van der Waals surface area contributed by atoms with Crippen LogP contribution in [0.2, 0.25) is 0 Å². The average molecular weight is 315 g/mol. The lowest BCUT2D eigenvalue weighted by atomic mass is 10.0. The molecule has 0 fully saturated rings. The van der Waals surface area contributed by atoms with Gasteiger partial charge in [-0.1, -0.05) is 48.5 Å². The van der Waals surface area contributed by atoms with Gasteiger partial charge >= 0.3 is 0 Å². The number of para-hydroxylation sites is 3. The lowest BCUT2D eigenvalue weighted by Gasteiger charge is -2.37. The highest BCUT2D eigenvalue weighted by Crippen LogP contribution is 2.40. The molecule has 24 heavy (non-hydrogen) atoms. The normalized spacial score (nSPS) is 12.0. The van der Waals surface area contributed by atoms with E-state index in [1.54, 1.807) is 0 Å². The van der Waals surface area contributed by atoms with Crippen LogP contribution in [0.3, 0.4) is 0 Å². The van der Waals surface area contributed by atoms with Crippen molar-refractivity contribution in [3.8, 4) is 0 Å². The van der Waals surface area contributed by atoms with Crippen LogP contribution in [0, 0.1) is 0 Å². The third-order valence-corrected chi connectivity index (χ3v) is 4.31. The van der Waals surface area contributed by atoms with Crippen LogP contribution < -0.4 is 4.90 Å². The molecule has 0 bridgehead atoms. The zero-order valence-corrected chi connectivity index (χ0v) is 14.3. The molecule has 0 aliphatic carbocycles. The maximum Gasteiger partial charge on any atom is 0.159 e. The van der Waals surface area contributed by atoms with E-state index in [1.807, 2.05) is 18.2 Å². The number of benzene rings is 3. The Morgan fingerprint density at radius 1 is 0.708 bits per heavy atom. The Bertz CT molecular complexity index is 993. The van der Waals surface area contributed by atoms with Gasteiger partial charge in [0.25, 0.3) is 0 Å². The molecule has 3 aromatic carbocycles. The van der Waals surface area contributed by atoms with Gasteiger partial charge in [0.1, 0.15) is 5.58 Å². The van der Waals surface area contributed by atoms with Gasteiger partial charge in [-0.15, -0.1) is 0 Å². The Morgan fingerprint density at radius 2 is 1.38 bits per heavy atom. The molecule has 2 nitrogen and oxygen atoms in total. The first-order chi connectivity index (χ1) is 11.6. The third-order valence-electron chi connectivity index (χ3n) is 4.31. The molecule has 0 spiro atoms. The molecule has 0 unspecified atom stereocenters. The Balaban J connectivity index is 2.03. The van der Waals surface area contributed by atoms with Crippen molar-refractivity contribution in [2.75, 3.05) is 4.90 Å². The number of fused-ring (bicyclic) bond motifs is 3. The van der Waals surface area contributed by atoms with Crippen molar-refractivity contribution >= 4 is 33.3 Å². The van der Waals surface area contributed by atoms with Crippen molar-refractivity contribution in [1.82, 2.24) is 0 Å². The fourth-order valence-electron chi connectivity index (χ4n) is 3.37. The van der Waals surface area contributed by atoms with Gasteiger partial charge in [0, 0.05) is 22.0 Å². The SMILES string of the molecule is CC(C)(C)N(c1ccccc1)c1cccc2c1oc1ccccc12. The summed E-state index contributed by atoms with van der Waals surface area (Å²) in [5, 5.41) is 2.32. The van der Waals surface area contributed by atoms with Crippen molar-refractivity contribution in [1.29, 1.82) is 0 Å². The lowest BCUT2D eigenvalue weighted by molar-refractivity contribution is 0.557. The highest BCUT2D eigenvalue weighted by molar-refractivity contribution is 6.09. The minimum Gasteiger partial charge on any atom is -0.454 e. The Kier molecular flexibility index (Phi) is 3.34. The minimum absolute atomic E-state index is 0.0748. The molecule has 0 N–H and O–H groups in total. The summed E-state index contributed by atoms with van der Waals surface area (Å²) >= 11 is 0. The number of rotatable bonds is 2. The zero-order valence-electron chi connectivity index (χ0n) is 14.3. The molecule has 1 aromatic heterocycles. The molecule has 4 rings (SSSR count). The lowest BCUT2D eigenvalue weighted by Crippen LogP contribution is -2.37. The second kappa shape index (κ2) is 5.41. The summed E-state index contributed by atoms with van der Waals surface area (Å²) in [6.07, 6.45) is 0. The summed E-state index contributed by atoms with van der Waals surface area (Å²) < 4.78 is 6.24. The summed E-state index contributed by atoms with van der Waals surface area (Å²) in [5.74, 6) is 0. The van der Waals surface area contributed by atoms with E-state index < -0.39 is 0 Å². The van der Waals surface area contributed by atoms with Gasteiger partial charge < -0.3 is 9.32 Å². The fraction of sp³-hybridized carbons (Fsp3) is 0.182. The maximum absolute atomic E-state index is 6.24. The van der Waals surface area contributed by atoms with Crippen LogP contribution in [-0.2, 0) is 0 Å². The fourth-order valence-corrected chi connectivity index (χ4v) is 3.37. The summed E-state index contributed by atoms with van der Waals surface area (Å²) in [6.45, 7) is 6.67. The molecule has 0 saturated carbocycles. The van der Waals surface area contributed by atoms with Crippen LogP contribution >= 0.6 is 0 Å². The van der Waals surface area contributed by atoms with E-state index in [4.69, 9.17) is 4.42 Å². The number of hydrogen-bond donors (Lipinski definition) is 0. The first-order valence-corrected chi connectivity index (χ1v) is 8.31. The topological polar surface area (TPSA) is 16.4 Å². The van der Waals surface area contributed by atoms with Gasteiger partial charge in [0.15, 0.2) is 5.58 Å². The van der Waals surface area contributed by atoms with Crippen LogP contribution in [0.1, 0.15) is 20.8 Å². The molecule has 2 heteroatoms. The van der Waals surface area contributed by atoms with Gasteiger partial charge in [0.05, 0.1) is 5.69 Å². The van der Waals surface area contributed by atoms with E-state index in [0.717, 1.165) is 33.3 Å². The van der Waals surface area contributed by atoms with Crippen LogP contribution in [0.5, 0.6) is 0 Å². The maximum atomic E-state index is 6.24. The monoisotopic (exact) mass is 315 g/mol. The molecule has 0 atom stereocenters. The second-order valence-corrected chi connectivity index (χ2v) is 7.09. The summed E-state index contributed by atoms with van der Waals surface area (Å²) in [5.41, 5.74) is 4.06. The number of nitrogens with zero attached hydrogens (tertiary/aromatic N) is 1. The van der Waals surface area contributed by atoms with Gasteiger partial charge in [-0.3, -0.25) is 0 Å². The van der Waals surface area contributed by atoms with E-state index in [1.165, 1.54) is 0 Å². The van der Waals surface area contributed by atoms with Crippen molar-refractivity contribution in [3.63, 3.8) is 0 Å². The van der Waals surface area contributed by atoms with E-state index in [0.29, 0.717) is 0 Å². The zero-order chi connectivity index (χ0) is 16.7. The average Bonchev–Trinajstić information content (AvgIpc) is 2.94. The number of furan rings is 1. The predicted octanol–water partition coefficient (Wildman–Crippen LogP) is 6.52. The predicted molar refractivity (Wildman–Crippen MR) is 102 cm³/mol. The molecular weight excluding hydrogens is 294 g/mol. The van der Waals surface area contributed by atoms with E-state index in [-0.39, 0.29) is 5.54 Å². The number of hydrogen-bond acceptors (Lipinski definition) is 2. The van der Waals surface area contributed by atoms with Gasteiger partial charge in [0.2, 0.25) is 0 Å². The molecule has 0 aliphatic heterocycles. The van der Waals surface area contributed by atoms with E-state index in [2.05, 4.69) is 80.3 Å². The van der Waals surface area contributed by atoms with Gasteiger partial charge in [-0.2, -0.15) is 0 Å². The molecule has 4 aromatic rings. The Morgan fingerprint density at radius 3 is 2.12 bits per heavy atom. The van der Waals surface area contributed by atoms with Gasteiger partial charge in [-0.05, 0) is 45.0 Å². The van der Waals surface area contributed by atoms with Crippen LogP contribution in [0.15, 0.2) is 77.2 Å². The molecular formula is C22H21NO. The summed E-state index contributed by atoms with van der Waals surface area (Å²) in [6, 6.07) is 25.1. The standard InChI is InChI=1S/C22H21NO/c1-22(2,3)23(16-10-5-4-6-11-16)19-14-9-13-18-17-12-7-8-15-20(17)24-21(18)19/h4-15H,1-3H3. The molecule has 0 radical (unpaired) electrons. The van der Waals surface area contributed by atoms with Crippen molar-refractivity contribution in [2.24, 2.45) is 0 Å². The molecule has 0 aliphatic rings. The van der Waals surface area contributed by atoms with Crippen LogP contribution in [-0.4, -0.2) is 5.54 Å². The summed E-state index contributed by atoms with van der Waals surface area (Å²) in [4.78, 5) is 2.34. The van der Waals surface area contributed by atoms with Crippen molar-refractivity contribution < 1.29 is 4.42 Å². The van der Waals surface area contributed by atoms with Crippen molar-refractivity contribution in [3.05, 3.63) is 72.8 Å². The smallest absolute Gasteiger partial charge is 0.159 e. The first kappa shape index (κ1) is 14.8. The largest absolute Gasteiger partial charge is 0.454 e. The quantitative estimate of drug-likeness (QED) is 0.418. The highest BCUT2D eigenvalue weighted by atomic mass is 16.3. The molecule has 0 saturated heterocycles. The Labute approximate surface area is 142 Å². The van der Waals surface area contributed by atoms with Crippen LogP contribution in [0.4, 0.5) is 11.4 Å².